The first-order valence-corrected chi connectivity index (χ1v) is 5.76. The Bertz CT molecular complexity index is 539. The maximum Gasteiger partial charge on any atom is 0.125 e. The maximum atomic E-state index is 13.0. The summed E-state index contributed by atoms with van der Waals surface area (Å²) in [5.74, 6) is -0.297. The summed E-state index contributed by atoms with van der Waals surface area (Å²) >= 11 is 11.0. The molecule has 0 saturated heterocycles. The lowest BCUT2D eigenvalue weighted by atomic mass is 10.2. The van der Waals surface area contributed by atoms with Crippen molar-refractivity contribution in [2.75, 3.05) is 5.32 Å². The van der Waals surface area contributed by atoms with E-state index in [2.05, 4.69) is 5.32 Å². The van der Waals surface area contributed by atoms with Crippen LogP contribution in [0.15, 0.2) is 48.5 Å². The highest BCUT2D eigenvalue weighted by Crippen LogP contribution is 2.14. The normalized spacial score (nSPS) is 10.0. The number of anilines is 1. The van der Waals surface area contributed by atoms with Crippen LogP contribution in [0.2, 0.25) is 5.02 Å². The molecule has 0 atom stereocenters. The second-order valence-electron chi connectivity index (χ2n) is 3.47. The number of rotatable bonds is 2. The summed E-state index contributed by atoms with van der Waals surface area (Å²) in [6, 6.07) is 13.3. The van der Waals surface area contributed by atoms with Gasteiger partial charge in [-0.25, -0.2) is 4.39 Å². The van der Waals surface area contributed by atoms with Gasteiger partial charge in [0.05, 0.1) is 0 Å². The Morgan fingerprint density at radius 3 is 2.47 bits per heavy atom. The van der Waals surface area contributed by atoms with E-state index in [-0.39, 0.29) is 5.82 Å². The van der Waals surface area contributed by atoms with Crippen LogP contribution < -0.4 is 5.32 Å². The van der Waals surface area contributed by atoms with E-state index in [0.717, 1.165) is 5.56 Å². The minimum absolute atomic E-state index is 0.297. The number of benzene rings is 2. The zero-order valence-electron chi connectivity index (χ0n) is 8.78. The van der Waals surface area contributed by atoms with Gasteiger partial charge in [0.1, 0.15) is 10.8 Å². The van der Waals surface area contributed by atoms with Crippen LogP contribution in [0, 0.1) is 5.82 Å². The molecule has 0 radical (unpaired) electrons. The first-order chi connectivity index (χ1) is 8.15. The lowest BCUT2D eigenvalue weighted by molar-refractivity contribution is 0.628. The molecule has 0 fully saturated rings. The Labute approximate surface area is 109 Å². The van der Waals surface area contributed by atoms with Gasteiger partial charge in [0, 0.05) is 16.3 Å². The van der Waals surface area contributed by atoms with Gasteiger partial charge in [0.15, 0.2) is 0 Å². The highest BCUT2D eigenvalue weighted by atomic mass is 35.5. The maximum absolute atomic E-state index is 13.0. The Morgan fingerprint density at radius 1 is 1.12 bits per heavy atom. The number of hydrogen-bond acceptors (Lipinski definition) is 1. The third-order valence-electron chi connectivity index (χ3n) is 2.19. The molecule has 0 aliphatic carbocycles. The van der Waals surface area contributed by atoms with Crippen molar-refractivity contribution in [3.05, 3.63) is 64.9 Å². The van der Waals surface area contributed by atoms with Crippen LogP contribution in [-0.2, 0) is 0 Å². The van der Waals surface area contributed by atoms with E-state index in [1.165, 1.54) is 12.1 Å². The van der Waals surface area contributed by atoms with Crippen molar-refractivity contribution in [2.45, 2.75) is 0 Å². The summed E-state index contributed by atoms with van der Waals surface area (Å²) < 4.78 is 13.0. The molecule has 0 amide bonds. The molecule has 4 heteroatoms. The summed E-state index contributed by atoms with van der Waals surface area (Å²) in [7, 11) is 0. The molecule has 0 aliphatic rings. The molecular formula is C13H9ClFNS. The summed E-state index contributed by atoms with van der Waals surface area (Å²) in [4.78, 5) is 0.535. The van der Waals surface area contributed by atoms with E-state index < -0.39 is 0 Å². The van der Waals surface area contributed by atoms with Crippen LogP contribution in [0.1, 0.15) is 5.56 Å². The van der Waals surface area contributed by atoms with E-state index in [4.69, 9.17) is 23.8 Å². The lowest BCUT2D eigenvalue weighted by Gasteiger charge is -2.08. The number of nitrogens with one attached hydrogen (secondary N) is 1. The van der Waals surface area contributed by atoms with Gasteiger partial charge in [-0.15, -0.1) is 0 Å². The molecule has 1 N–H and O–H groups in total. The summed E-state index contributed by atoms with van der Waals surface area (Å²) in [6.45, 7) is 0. The zero-order chi connectivity index (χ0) is 12.3. The Hall–Kier alpha value is -1.45. The van der Waals surface area contributed by atoms with Crippen molar-refractivity contribution >= 4 is 34.5 Å². The Balaban J connectivity index is 2.14. The SMILES string of the molecule is Fc1cccc(NC(=S)c2ccc(Cl)cc2)c1. The van der Waals surface area contributed by atoms with Gasteiger partial charge in [-0.3, -0.25) is 0 Å². The van der Waals surface area contributed by atoms with Crippen molar-refractivity contribution < 1.29 is 4.39 Å². The first-order valence-electron chi connectivity index (χ1n) is 4.97. The van der Waals surface area contributed by atoms with Crippen molar-refractivity contribution in [3.8, 4) is 0 Å². The zero-order valence-corrected chi connectivity index (χ0v) is 10.4. The van der Waals surface area contributed by atoms with Crippen LogP contribution >= 0.6 is 23.8 Å². The van der Waals surface area contributed by atoms with Gasteiger partial charge in [-0.1, -0.05) is 42.0 Å². The fourth-order valence-corrected chi connectivity index (χ4v) is 1.75. The second kappa shape index (κ2) is 5.25. The molecule has 0 saturated carbocycles. The summed E-state index contributed by atoms with van der Waals surface area (Å²) in [5.41, 5.74) is 1.47. The molecule has 0 spiro atoms. The van der Waals surface area contributed by atoms with Gasteiger partial charge in [-0.2, -0.15) is 0 Å². The molecule has 1 nitrogen and oxygen atoms in total. The van der Waals surface area contributed by atoms with Gasteiger partial charge in [-0.05, 0) is 30.3 Å². The highest BCUT2D eigenvalue weighted by molar-refractivity contribution is 7.81. The molecular weight excluding hydrogens is 257 g/mol. The molecule has 0 unspecified atom stereocenters. The molecule has 2 rings (SSSR count). The lowest BCUT2D eigenvalue weighted by Crippen LogP contribution is -2.10. The minimum Gasteiger partial charge on any atom is -0.346 e. The van der Waals surface area contributed by atoms with Crippen LogP contribution in [0.5, 0.6) is 0 Å². The van der Waals surface area contributed by atoms with Crippen LogP contribution in [0.3, 0.4) is 0 Å². The number of halogens is 2. The van der Waals surface area contributed by atoms with E-state index in [1.54, 1.807) is 24.3 Å². The highest BCUT2D eigenvalue weighted by Gasteiger charge is 2.02. The van der Waals surface area contributed by atoms with E-state index in [1.807, 2.05) is 12.1 Å². The monoisotopic (exact) mass is 265 g/mol. The number of thiocarbonyl (C=S) groups is 1. The van der Waals surface area contributed by atoms with Gasteiger partial charge < -0.3 is 5.32 Å². The molecule has 2 aromatic carbocycles. The van der Waals surface area contributed by atoms with E-state index >= 15 is 0 Å². The Kier molecular flexibility index (Phi) is 3.71. The largest absolute Gasteiger partial charge is 0.346 e. The smallest absolute Gasteiger partial charge is 0.125 e. The van der Waals surface area contributed by atoms with Crippen LogP contribution in [0.4, 0.5) is 10.1 Å². The molecule has 17 heavy (non-hydrogen) atoms. The van der Waals surface area contributed by atoms with Crippen LogP contribution in [-0.4, -0.2) is 4.99 Å². The minimum atomic E-state index is -0.297. The summed E-state index contributed by atoms with van der Waals surface area (Å²) in [6.07, 6.45) is 0. The molecule has 2 aromatic rings. The standard InChI is InChI=1S/C13H9ClFNS/c14-10-6-4-9(5-7-10)13(17)16-12-3-1-2-11(15)8-12/h1-8H,(H,16,17). The molecule has 0 aliphatic heterocycles. The fraction of sp³-hybridized carbons (Fsp3) is 0. The average molecular weight is 266 g/mol. The summed E-state index contributed by atoms with van der Waals surface area (Å²) in [5, 5.41) is 3.62. The molecule has 86 valence electrons. The third kappa shape index (κ3) is 3.25. The third-order valence-corrected chi connectivity index (χ3v) is 2.78. The van der Waals surface area contributed by atoms with Crippen molar-refractivity contribution in [1.29, 1.82) is 0 Å². The van der Waals surface area contributed by atoms with E-state index in [0.29, 0.717) is 15.7 Å². The molecule has 0 aromatic heterocycles. The van der Waals surface area contributed by atoms with Crippen molar-refractivity contribution in [2.24, 2.45) is 0 Å². The quantitative estimate of drug-likeness (QED) is 0.814. The van der Waals surface area contributed by atoms with Crippen LogP contribution in [0.25, 0.3) is 0 Å². The second-order valence-corrected chi connectivity index (χ2v) is 4.32. The van der Waals surface area contributed by atoms with Crippen molar-refractivity contribution in [1.82, 2.24) is 0 Å². The molecule has 0 bridgehead atoms. The van der Waals surface area contributed by atoms with Gasteiger partial charge in [0.25, 0.3) is 0 Å². The Morgan fingerprint density at radius 2 is 1.82 bits per heavy atom. The topological polar surface area (TPSA) is 12.0 Å². The average Bonchev–Trinajstić information content (AvgIpc) is 2.29. The van der Waals surface area contributed by atoms with E-state index in [9.17, 15) is 4.39 Å². The first kappa shape index (κ1) is 12.0. The fourth-order valence-electron chi connectivity index (χ4n) is 1.37. The predicted molar refractivity (Wildman–Crippen MR) is 73.2 cm³/mol. The van der Waals surface area contributed by atoms with Gasteiger partial charge >= 0.3 is 0 Å². The predicted octanol–water partition coefficient (Wildman–Crippen LogP) is 4.27. The van der Waals surface area contributed by atoms with Gasteiger partial charge in [0.2, 0.25) is 0 Å². The number of hydrogen-bond donors (Lipinski definition) is 1. The molecule has 0 heterocycles. The van der Waals surface area contributed by atoms with Crippen molar-refractivity contribution in [3.63, 3.8) is 0 Å².